The standard InChI is InChI=1S/C25H19Cl3N4O3S/c1-16-6-8-22(9-7-16)36(34,35)32(21-12-19(26)11-20(27)13-21)15-24(33)31-29-14-18-10-17-4-2-3-5-23(17)30-25(18)28/h2-14H,15H2,1H3,(H,31,33)/b29-14-. The molecule has 7 nitrogen and oxygen atoms in total. The summed E-state index contributed by atoms with van der Waals surface area (Å²) >= 11 is 18.4. The summed E-state index contributed by atoms with van der Waals surface area (Å²) in [6, 6.07) is 19.8. The first kappa shape index (κ1) is 25.9. The predicted octanol–water partition coefficient (Wildman–Crippen LogP) is 5.85. The average molecular weight is 562 g/mol. The molecule has 11 heteroatoms. The predicted molar refractivity (Wildman–Crippen MR) is 145 cm³/mol. The van der Waals surface area contributed by atoms with E-state index in [-0.39, 0.29) is 25.8 Å². The smallest absolute Gasteiger partial charge is 0.264 e. The molecule has 0 saturated carbocycles. The minimum Gasteiger partial charge on any atom is -0.271 e. The van der Waals surface area contributed by atoms with Gasteiger partial charge in [-0.05, 0) is 49.4 Å². The van der Waals surface area contributed by atoms with Crippen molar-refractivity contribution in [2.75, 3.05) is 10.8 Å². The number of hydrazone groups is 1. The van der Waals surface area contributed by atoms with Crippen LogP contribution in [0.15, 0.2) is 82.8 Å². The number of para-hydroxylation sites is 1. The third-order valence-electron chi connectivity index (χ3n) is 5.13. The van der Waals surface area contributed by atoms with Crippen molar-refractivity contribution < 1.29 is 13.2 Å². The number of carbonyl (C=O) groups excluding carboxylic acids is 1. The number of hydrogen-bond acceptors (Lipinski definition) is 5. The molecule has 0 aliphatic heterocycles. The molecule has 36 heavy (non-hydrogen) atoms. The number of nitrogens with zero attached hydrogens (tertiary/aromatic N) is 3. The van der Waals surface area contributed by atoms with Crippen molar-refractivity contribution in [3.8, 4) is 0 Å². The molecular formula is C25H19Cl3N4O3S. The lowest BCUT2D eigenvalue weighted by atomic mass is 10.2. The molecule has 1 heterocycles. The van der Waals surface area contributed by atoms with Gasteiger partial charge in [0.25, 0.3) is 15.9 Å². The zero-order valence-electron chi connectivity index (χ0n) is 18.8. The fraction of sp³-hybridized carbons (Fsp3) is 0.0800. The molecule has 4 rings (SSSR count). The molecule has 0 atom stereocenters. The summed E-state index contributed by atoms with van der Waals surface area (Å²) in [4.78, 5) is 17.1. The number of carbonyl (C=O) groups is 1. The molecule has 0 spiro atoms. The van der Waals surface area contributed by atoms with Crippen LogP contribution in [0.25, 0.3) is 10.9 Å². The molecule has 0 saturated heterocycles. The Hall–Kier alpha value is -3.17. The van der Waals surface area contributed by atoms with Gasteiger partial charge in [0.1, 0.15) is 11.7 Å². The van der Waals surface area contributed by atoms with E-state index in [0.717, 1.165) is 20.8 Å². The topological polar surface area (TPSA) is 91.7 Å². The van der Waals surface area contributed by atoms with Crippen LogP contribution in [0.1, 0.15) is 11.1 Å². The first-order valence-corrected chi connectivity index (χ1v) is 13.1. The van der Waals surface area contributed by atoms with Crippen molar-refractivity contribution in [2.45, 2.75) is 11.8 Å². The van der Waals surface area contributed by atoms with Crippen LogP contribution in [0.4, 0.5) is 5.69 Å². The summed E-state index contributed by atoms with van der Waals surface area (Å²) in [5, 5.41) is 5.44. The third kappa shape index (κ3) is 5.96. The monoisotopic (exact) mass is 560 g/mol. The summed E-state index contributed by atoms with van der Waals surface area (Å²) in [5.41, 5.74) is 4.57. The third-order valence-corrected chi connectivity index (χ3v) is 7.66. The number of halogens is 3. The molecule has 1 amide bonds. The highest BCUT2D eigenvalue weighted by molar-refractivity contribution is 7.92. The lowest BCUT2D eigenvalue weighted by Gasteiger charge is -2.24. The van der Waals surface area contributed by atoms with E-state index in [9.17, 15) is 13.2 Å². The van der Waals surface area contributed by atoms with Crippen LogP contribution >= 0.6 is 34.8 Å². The van der Waals surface area contributed by atoms with Crippen LogP contribution in [0.2, 0.25) is 15.2 Å². The Morgan fingerprint density at radius 3 is 2.36 bits per heavy atom. The van der Waals surface area contributed by atoms with Gasteiger partial charge in [0.15, 0.2) is 0 Å². The number of sulfonamides is 1. The van der Waals surface area contributed by atoms with Crippen LogP contribution in [0.5, 0.6) is 0 Å². The largest absolute Gasteiger partial charge is 0.271 e. The molecule has 0 bridgehead atoms. The van der Waals surface area contributed by atoms with Gasteiger partial charge in [0, 0.05) is 21.0 Å². The van der Waals surface area contributed by atoms with Gasteiger partial charge in [0.2, 0.25) is 0 Å². The highest BCUT2D eigenvalue weighted by Gasteiger charge is 2.27. The molecule has 0 aliphatic carbocycles. The van der Waals surface area contributed by atoms with Crippen molar-refractivity contribution in [2.24, 2.45) is 5.10 Å². The minimum absolute atomic E-state index is 0.00881. The van der Waals surface area contributed by atoms with Crippen LogP contribution < -0.4 is 9.73 Å². The Kier molecular flexibility index (Phi) is 7.80. The molecule has 0 fully saturated rings. The van der Waals surface area contributed by atoms with E-state index in [1.54, 1.807) is 18.2 Å². The first-order valence-electron chi connectivity index (χ1n) is 10.6. The second-order valence-electron chi connectivity index (χ2n) is 7.81. The van der Waals surface area contributed by atoms with Gasteiger partial charge in [-0.3, -0.25) is 9.10 Å². The number of rotatable bonds is 7. The lowest BCUT2D eigenvalue weighted by Crippen LogP contribution is -2.39. The van der Waals surface area contributed by atoms with E-state index in [4.69, 9.17) is 34.8 Å². The molecule has 0 unspecified atom stereocenters. The number of fused-ring (bicyclic) bond motifs is 1. The fourth-order valence-electron chi connectivity index (χ4n) is 3.37. The molecule has 1 aromatic heterocycles. The summed E-state index contributed by atoms with van der Waals surface area (Å²) in [6.07, 6.45) is 1.34. The Balaban J connectivity index is 1.59. The Morgan fingerprint density at radius 2 is 1.67 bits per heavy atom. The second-order valence-corrected chi connectivity index (χ2v) is 10.9. The molecule has 0 radical (unpaired) electrons. The number of hydrogen-bond donors (Lipinski definition) is 1. The van der Waals surface area contributed by atoms with Crippen molar-refractivity contribution in [3.05, 3.63) is 99.1 Å². The summed E-state index contributed by atoms with van der Waals surface area (Å²) in [7, 11) is -4.14. The molecule has 4 aromatic rings. The van der Waals surface area contributed by atoms with Crippen LogP contribution in [0.3, 0.4) is 0 Å². The van der Waals surface area contributed by atoms with Crippen molar-refractivity contribution in [1.82, 2.24) is 10.4 Å². The lowest BCUT2D eigenvalue weighted by molar-refractivity contribution is -0.119. The maximum Gasteiger partial charge on any atom is 0.264 e. The van der Waals surface area contributed by atoms with Gasteiger partial charge in [-0.2, -0.15) is 5.10 Å². The van der Waals surface area contributed by atoms with Crippen LogP contribution in [-0.2, 0) is 14.8 Å². The Morgan fingerprint density at radius 1 is 1.00 bits per heavy atom. The fourth-order valence-corrected chi connectivity index (χ4v) is 5.49. The number of pyridine rings is 1. The molecular weight excluding hydrogens is 543 g/mol. The van der Waals surface area contributed by atoms with Gasteiger partial charge in [0.05, 0.1) is 22.3 Å². The van der Waals surface area contributed by atoms with Crippen LogP contribution in [-0.4, -0.2) is 32.1 Å². The quantitative estimate of drug-likeness (QED) is 0.174. The zero-order chi connectivity index (χ0) is 25.9. The maximum atomic E-state index is 13.5. The minimum atomic E-state index is -4.14. The summed E-state index contributed by atoms with van der Waals surface area (Å²) in [5.74, 6) is -0.692. The van der Waals surface area contributed by atoms with E-state index < -0.39 is 22.5 Å². The summed E-state index contributed by atoms with van der Waals surface area (Å²) in [6.45, 7) is 1.27. The maximum absolute atomic E-state index is 13.5. The molecule has 1 N–H and O–H groups in total. The zero-order valence-corrected chi connectivity index (χ0v) is 21.9. The summed E-state index contributed by atoms with van der Waals surface area (Å²) < 4.78 is 27.8. The van der Waals surface area contributed by atoms with Gasteiger partial charge >= 0.3 is 0 Å². The number of nitrogens with one attached hydrogen (secondary N) is 1. The van der Waals surface area contributed by atoms with Gasteiger partial charge in [-0.25, -0.2) is 18.8 Å². The number of aromatic nitrogens is 1. The van der Waals surface area contributed by atoms with Crippen molar-refractivity contribution in [1.29, 1.82) is 0 Å². The Bertz CT molecular complexity index is 1560. The molecule has 0 aliphatic rings. The van der Waals surface area contributed by atoms with Crippen molar-refractivity contribution >= 4 is 73.5 Å². The van der Waals surface area contributed by atoms with Gasteiger partial charge < -0.3 is 0 Å². The number of amides is 1. The second kappa shape index (κ2) is 10.8. The van der Waals surface area contributed by atoms with E-state index >= 15 is 0 Å². The molecule has 184 valence electrons. The Labute approximate surface area is 223 Å². The highest BCUT2D eigenvalue weighted by atomic mass is 35.5. The first-order chi connectivity index (χ1) is 17.1. The number of aryl methyl sites for hydroxylation is 1. The van der Waals surface area contributed by atoms with Crippen molar-refractivity contribution in [3.63, 3.8) is 0 Å². The SMILES string of the molecule is Cc1ccc(S(=O)(=O)N(CC(=O)N/N=C\c2cc3ccccc3nc2Cl)c2cc(Cl)cc(Cl)c2)cc1. The average Bonchev–Trinajstić information content (AvgIpc) is 2.82. The van der Waals surface area contributed by atoms with E-state index in [1.807, 2.05) is 31.2 Å². The van der Waals surface area contributed by atoms with E-state index in [0.29, 0.717) is 5.56 Å². The molecule has 3 aromatic carbocycles. The van der Waals surface area contributed by atoms with E-state index in [1.165, 1.54) is 36.5 Å². The highest BCUT2D eigenvalue weighted by Crippen LogP contribution is 2.29. The van der Waals surface area contributed by atoms with Gasteiger partial charge in [-0.1, -0.05) is 70.7 Å². The van der Waals surface area contributed by atoms with E-state index in [2.05, 4.69) is 15.5 Å². The van der Waals surface area contributed by atoms with Crippen LogP contribution in [0, 0.1) is 6.92 Å². The number of anilines is 1. The normalized spacial score (nSPS) is 11.7. The number of benzene rings is 3. The van der Waals surface area contributed by atoms with Gasteiger partial charge in [-0.15, -0.1) is 0 Å².